The van der Waals surface area contributed by atoms with Gasteiger partial charge >= 0.3 is 0 Å². The number of hydrogen-bond donors (Lipinski definition) is 1. The Bertz CT molecular complexity index is 936. The average Bonchev–Trinajstić information content (AvgIpc) is 2.70. The number of nitrogens with one attached hydrogen (secondary N) is 1. The third-order valence-corrected chi connectivity index (χ3v) is 4.36. The van der Waals surface area contributed by atoms with Crippen molar-refractivity contribution in [1.82, 2.24) is 15.0 Å². The van der Waals surface area contributed by atoms with E-state index in [-0.39, 0.29) is 12.2 Å². The van der Waals surface area contributed by atoms with Crippen LogP contribution in [-0.4, -0.2) is 22.7 Å². The van der Waals surface area contributed by atoms with E-state index in [0.717, 1.165) is 25.1 Å². The highest BCUT2D eigenvalue weighted by molar-refractivity contribution is 5.77. The van der Waals surface area contributed by atoms with Gasteiger partial charge in [-0.25, -0.2) is 10.5 Å². The molecule has 3 aromatic rings. The first kappa shape index (κ1) is 19.1. The van der Waals surface area contributed by atoms with Crippen LogP contribution >= 0.6 is 0 Å². The molecule has 0 saturated carbocycles. The van der Waals surface area contributed by atoms with Crippen molar-refractivity contribution in [2.75, 3.05) is 13.2 Å². The second-order valence-electron chi connectivity index (χ2n) is 6.27. The van der Waals surface area contributed by atoms with Gasteiger partial charge in [-0.1, -0.05) is 24.3 Å². The molecule has 1 N–H and O–H groups in total. The van der Waals surface area contributed by atoms with E-state index in [1.54, 1.807) is 17.7 Å². The Morgan fingerprint density at radius 1 is 1.11 bits per heavy atom. The molecular formula is C21H25N3O3. The number of aryl methyl sites for hydroxylation is 1. The highest BCUT2D eigenvalue weighted by Crippen LogP contribution is 2.15. The fourth-order valence-electron chi connectivity index (χ4n) is 2.83. The molecule has 2 aromatic carbocycles. The zero-order valence-electron chi connectivity index (χ0n) is 15.8. The summed E-state index contributed by atoms with van der Waals surface area (Å²) in [6, 6.07) is 15.4. The third-order valence-electron chi connectivity index (χ3n) is 4.36. The molecule has 3 rings (SSSR count). The predicted octanol–water partition coefficient (Wildman–Crippen LogP) is 2.99. The van der Waals surface area contributed by atoms with Crippen LogP contribution in [0.4, 0.5) is 0 Å². The van der Waals surface area contributed by atoms with Gasteiger partial charge in [0.15, 0.2) is 0 Å². The molecule has 0 bridgehead atoms. The first-order valence-corrected chi connectivity index (χ1v) is 9.20. The number of aromatic nitrogens is 2. The molecular weight excluding hydrogens is 342 g/mol. The van der Waals surface area contributed by atoms with Crippen LogP contribution in [0, 0.1) is 0 Å². The topological polar surface area (TPSA) is 65.4 Å². The number of benzene rings is 2. The zero-order chi connectivity index (χ0) is 19.1. The summed E-state index contributed by atoms with van der Waals surface area (Å²) >= 11 is 0. The maximum Gasteiger partial charge on any atom is 0.261 e. The first-order valence-electron chi connectivity index (χ1n) is 9.20. The van der Waals surface area contributed by atoms with Gasteiger partial charge in [0.2, 0.25) is 0 Å². The Morgan fingerprint density at radius 2 is 1.89 bits per heavy atom. The van der Waals surface area contributed by atoms with Crippen molar-refractivity contribution >= 4 is 10.9 Å². The highest BCUT2D eigenvalue weighted by Gasteiger charge is 2.08. The van der Waals surface area contributed by atoms with Gasteiger partial charge in [0.1, 0.15) is 18.2 Å². The van der Waals surface area contributed by atoms with Gasteiger partial charge in [-0.2, -0.15) is 0 Å². The summed E-state index contributed by atoms with van der Waals surface area (Å²) < 4.78 is 7.38. The monoisotopic (exact) mass is 367 g/mol. The Labute approximate surface area is 158 Å². The van der Waals surface area contributed by atoms with Crippen LogP contribution in [0.5, 0.6) is 5.75 Å². The van der Waals surface area contributed by atoms with E-state index in [9.17, 15) is 4.79 Å². The quantitative estimate of drug-likeness (QED) is 0.465. The minimum Gasteiger partial charge on any atom is -0.486 e. The highest BCUT2D eigenvalue weighted by atomic mass is 16.6. The number of fused-ring (bicyclic) bond motifs is 1. The Hall–Kier alpha value is -2.70. The number of hydrogen-bond acceptors (Lipinski definition) is 5. The van der Waals surface area contributed by atoms with Gasteiger partial charge in [0.25, 0.3) is 5.56 Å². The normalized spacial score (nSPS) is 11.0. The van der Waals surface area contributed by atoms with Gasteiger partial charge in [-0.15, -0.1) is 0 Å². The molecule has 0 atom stereocenters. The van der Waals surface area contributed by atoms with Gasteiger partial charge in [-0.3, -0.25) is 9.36 Å². The van der Waals surface area contributed by atoms with E-state index in [4.69, 9.17) is 9.57 Å². The average molecular weight is 367 g/mol. The molecule has 0 spiro atoms. The molecule has 142 valence electrons. The number of ether oxygens (including phenoxy) is 1. The molecule has 0 radical (unpaired) electrons. The summed E-state index contributed by atoms with van der Waals surface area (Å²) in [6.07, 6.45) is 1.98. The van der Waals surface area contributed by atoms with Crippen molar-refractivity contribution in [2.45, 2.75) is 26.4 Å². The maximum absolute atomic E-state index is 12.4. The molecule has 27 heavy (non-hydrogen) atoms. The predicted molar refractivity (Wildman–Crippen MR) is 106 cm³/mol. The van der Waals surface area contributed by atoms with Crippen molar-refractivity contribution in [3.05, 3.63) is 70.3 Å². The summed E-state index contributed by atoms with van der Waals surface area (Å²) in [7, 11) is 1.72. The van der Waals surface area contributed by atoms with Crippen LogP contribution < -0.4 is 15.8 Å². The summed E-state index contributed by atoms with van der Waals surface area (Å²) in [6.45, 7) is 3.70. The molecule has 6 heteroatoms. The van der Waals surface area contributed by atoms with E-state index >= 15 is 0 Å². The zero-order valence-corrected chi connectivity index (χ0v) is 15.8. The van der Waals surface area contributed by atoms with Crippen LogP contribution in [-0.2, 0) is 24.9 Å². The van der Waals surface area contributed by atoms with E-state index in [1.807, 2.05) is 37.3 Å². The lowest BCUT2D eigenvalue weighted by molar-refractivity contribution is 0.0505. The SMILES string of the molecule is CCONCCCc1ccc(OCc2nc3ccccc3c(=O)n2C)cc1. The molecule has 0 aliphatic rings. The lowest BCUT2D eigenvalue weighted by Gasteiger charge is -2.11. The largest absolute Gasteiger partial charge is 0.486 e. The number of para-hydroxylation sites is 1. The molecule has 1 heterocycles. The molecule has 0 fully saturated rings. The lowest BCUT2D eigenvalue weighted by Crippen LogP contribution is -2.23. The maximum atomic E-state index is 12.4. The molecule has 1 aromatic heterocycles. The van der Waals surface area contributed by atoms with Crippen molar-refractivity contribution in [2.24, 2.45) is 7.05 Å². The molecule has 0 unspecified atom stereocenters. The summed E-state index contributed by atoms with van der Waals surface area (Å²) in [5.41, 5.74) is 4.80. The molecule has 6 nitrogen and oxygen atoms in total. The Kier molecular flexibility index (Phi) is 6.57. The van der Waals surface area contributed by atoms with E-state index in [1.165, 1.54) is 5.56 Å². The summed E-state index contributed by atoms with van der Waals surface area (Å²) in [5.74, 6) is 1.36. The van der Waals surface area contributed by atoms with Crippen LogP contribution in [0.1, 0.15) is 24.7 Å². The van der Waals surface area contributed by atoms with Crippen LogP contribution in [0.25, 0.3) is 10.9 Å². The fraction of sp³-hybridized carbons (Fsp3) is 0.333. The van der Waals surface area contributed by atoms with E-state index < -0.39 is 0 Å². The fourth-order valence-corrected chi connectivity index (χ4v) is 2.83. The van der Waals surface area contributed by atoms with Crippen molar-refractivity contribution in [3.63, 3.8) is 0 Å². The van der Waals surface area contributed by atoms with Crippen LogP contribution in [0.15, 0.2) is 53.3 Å². The molecule has 0 aliphatic carbocycles. The third kappa shape index (κ3) is 4.93. The number of hydroxylamine groups is 1. The molecule has 0 amide bonds. The van der Waals surface area contributed by atoms with Gasteiger partial charge < -0.3 is 9.57 Å². The minimum atomic E-state index is -0.0600. The van der Waals surface area contributed by atoms with Crippen molar-refractivity contribution in [1.29, 1.82) is 0 Å². The van der Waals surface area contributed by atoms with Gasteiger partial charge in [-0.05, 0) is 49.6 Å². The standard InChI is InChI=1S/C21H25N3O3/c1-3-27-22-14-6-7-16-10-12-17(13-11-16)26-15-20-23-19-9-5-4-8-18(19)21(25)24(20)2/h4-5,8-13,22H,3,6-7,14-15H2,1-2H3. The van der Waals surface area contributed by atoms with Crippen molar-refractivity contribution in [3.8, 4) is 5.75 Å². The summed E-state index contributed by atoms with van der Waals surface area (Å²) in [5, 5.41) is 0.618. The van der Waals surface area contributed by atoms with E-state index in [0.29, 0.717) is 23.3 Å². The Balaban J connectivity index is 1.59. The van der Waals surface area contributed by atoms with Crippen LogP contribution in [0.2, 0.25) is 0 Å². The molecule has 0 aliphatic heterocycles. The lowest BCUT2D eigenvalue weighted by atomic mass is 10.1. The number of rotatable bonds is 9. The van der Waals surface area contributed by atoms with E-state index in [2.05, 4.69) is 22.6 Å². The first-order chi connectivity index (χ1) is 13.2. The van der Waals surface area contributed by atoms with Gasteiger partial charge in [0, 0.05) is 13.6 Å². The smallest absolute Gasteiger partial charge is 0.261 e. The minimum absolute atomic E-state index is 0.0600. The summed E-state index contributed by atoms with van der Waals surface area (Å²) in [4.78, 5) is 22.1. The second-order valence-corrected chi connectivity index (χ2v) is 6.27. The van der Waals surface area contributed by atoms with Crippen LogP contribution in [0.3, 0.4) is 0 Å². The Morgan fingerprint density at radius 3 is 2.67 bits per heavy atom. The van der Waals surface area contributed by atoms with Crippen molar-refractivity contribution < 1.29 is 9.57 Å². The molecule has 0 saturated heterocycles. The van der Waals surface area contributed by atoms with Gasteiger partial charge in [0.05, 0.1) is 17.5 Å². The number of nitrogens with zero attached hydrogens (tertiary/aromatic N) is 2. The second kappa shape index (κ2) is 9.30.